The Morgan fingerprint density at radius 3 is 2.60 bits per heavy atom. The molecule has 1 N–H and O–H groups in total. The molecule has 2 nitrogen and oxygen atoms in total. The van der Waals surface area contributed by atoms with E-state index in [1.54, 1.807) is 7.11 Å². The topological polar surface area (TPSA) is 21.3 Å². The third-order valence-electron chi connectivity index (χ3n) is 2.98. The Kier molecular flexibility index (Phi) is 4.60. The van der Waals surface area contributed by atoms with E-state index in [1.807, 2.05) is 31.2 Å². The highest BCUT2D eigenvalue weighted by Crippen LogP contribution is 2.27. The van der Waals surface area contributed by atoms with Crippen LogP contribution in [0.2, 0.25) is 0 Å². The van der Waals surface area contributed by atoms with Crippen LogP contribution in [0.1, 0.15) is 18.5 Å². The Labute approximate surface area is 124 Å². The van der Waals surface area contributed by atoms with Crippen LogP contribution >= 0.6 is 15.9 Å². The minimum absolute atomic E-state index is 0.106. The number of hydrogen-bond donors (Lipinski definition) is 1. The summed E-state index contributed by atoms with van der Waals surface area (Å²) in [5.74, 6) is -0.293. The summed E-state index contributed by atoms with van der Waals surface area (Å²) >= 11 is 2.95. The number of anilines is 1. The van der Waals surface area contributed by atoms with Crippen molar-refractivity contribution in [3.8, 4) is 5.75 Å². The molecule has 0 saturated heterocycles. The number of hydrogen-bond acceptors (Lipinski definition) is 2. The van der Waals surface area contributed by atoms with Gasteiger partial charge in [-0.25, -0.2) is 8.78 Å². The predicted octanol–water partition coefficient (Wildman–Crippen LogP) is 4.91. The molecule has 0 bridgehead atoms. The van der Waals surface area contributed by atoms with Crippen LogP contribution in [0.5, 0.6) is 5.75 Å². The van der Waals surface area contributed by atoms with Crippen molar-refractivity contribution in [2.75, 3.05) is 12.4 Å². The molecule has 0 heterocycles. The van der Waals surface area contributed by atoms with Crippen LogP contribution in [0.25, 0.3) is 0 Å². The molecule has 0 aliphatic rings. The molecule has 0 spiro atoms. The normalized spacial score (nSPS) is 12.1. The van der Waals surface area contributed by atoms with Gasteiger partial charge in [0, 0.05) is 12.1 Å². The summed E-state index contributed by atoms with van der Waals surface area (Å²) < 4.78 is 32.5. The lowest BCUT2D eigenvalue weighted by atomic mass is 10.1. The molecule has 0 fully saturated rings. The minimum Gasteiger partial charge on any atom is -0.497 e. The van der Waals surface area contributed by atoms with Crippen LogP contribution in [-0.2, 0) is 0 Å². The molecule has 0 saturated carbocycles. The second-order valence-electron chi connectivity index (χ2n) is 4.39. The van der Waals surface area contributed by atoms with Gasteiger partial charge in [-0.1, -0.05) is 12.1 Å². The number of halogens is 3. The molecule has 106 valence electrons. The second kappa shape index (κ2) is 6.22. The van der Waals surface area contributed by atoms with Crippen LogP contribution in [0.3, 0.4) is 0 Å². The number of nitrogens with one attached hydrogen (secondary N) is 1. The zero-order valence-electron chi connectivity index (χ0n) is 11.1. The van der Waals surface area contributed by atoms with Crippen LogP contribution in [0, 0.1) is 11.6 Å². The van der Waals surface area contributed by atoms with Crippen molar-refractivity contribution in [1.29, 1.82) is 0 Å². The first-order chi connectivity index (χ1) is 9.51. The number of rotatable bonds is 4. The molecule has 0 aliphatic heterocycles. The van der Waals surface area contributed by atoms with Crippen molar-refractivity contribution in [2.24, 2.45) is 0 Å². The van der Waals surface area contributed by atoms with E-state index in [0.717, 1.165) is 23.4 Å². The summed E-state index contributed by atoms with van der Waals surface area (Å²) in [6.07, 6.45) is 0. The van der Waals surface area contributed by atoms with E-state index in [9.17, 15) is 8.78 Å². The van der Waals surface area contributed by atoms with Gasteiger partial charge in [-0.05, 0) is 46.6 Å². The number of methoxy groups -OCH3 is 1. The van der Waals surface area contributed by atoms with Gasteiger partial charge < -0.3 is 10.1 Å². The Hall–Kier alpha value is -1.62. The summed E-state index contributed by atoms with van der Waals surface area (Å²) in [5, 5.41) is 2.95. The highest BCUT2D eigenvalue weighted by Gasteiger charge is 2.12. The largest absolute Gasteiger partial charge is 0.497 e. The molecule has 0 radical (unpaired) electrons. The van der Waals surface area contributed by atoms with Gasteiger partial charge >= 0.3 is 0 Å². The van der Waals surface area contributed by atoms with E-state index < -0.39 is 11.6 Å². The summed E-state index contributed by atoms with van der Waals surface area (Å²) in [5.41, 5.74) is 1.05. The third kappa shape index (κ3) is 3.28. The summed E-state index contributed by atoms with van der Waals surface area (Å²) in [6, 6.07) is 9.49. The molecule has 1 unspecified atom stereocenters. The maximum Gasteiger partial charge on any atom is 0.147 e. The van der Waals surface area contributed by atoms with E-state index in [4.69, 9.17) is 4.74 Å². The van der Waals surface area contributed by atoms with Crippen LogP contribution < -0.4 is 10.1 Å². The smallest absolute Gasteiger partial charge is 0.147 e. The summed E-state index contributed by atoms with van der Waals surface area (Å²) in [7, 11) is 1.58. The Balaban J connectivity index is 2.23. The first-order valence-corrected chi connectivity index (χ1v) is 6.85. The molecule has 0 aliphatic carbocycles. The lowest BCUT2D eigenvalue weighted by molar-refractivity contribution is 0.414. The second-order valence-corrected chi connectivity index (χ2v) is 5.24. The van der Waals surface area contributed by atoms with E-state index >= 15 is 0 Å². The monoisotopic (exact) mass is 341 g/mol. The van der Waals surface area contributed by atoms with Gasteiger partial charge in [-0.15, -0.1) is 0 Å². The zero-order valence-corrected chi connectivity index (χ0v) is 12.7. The molecule has 1 atom stereocenters. The number of benzene rings is 2. The standard InChI is InChI=1S/C15H14BrF2NO/c1-9(10-4-3-5-11(6-10)20-2)19-15-8-13(17)12(16)7-14(15)18/h3-9,19H,1-2H3. The van der Waals surface area contributed by atoms with E-state index in [2.05, 4.69) is 21.2 Å². The lowest BCUT2D eigenvalue weighted by Crippen LogP contribution is -2.08. The van der Waals surface area contributed by atoms with Crippen LogP contribution in [-0.4, -0.2) is 7.11 Å². The van der Waals surface area contributed by atoms with Gasteiger partial charge in [-0.2, -0.15) is 0 Å². The molecule has 2 aromatic rings. The van der Waals surface area contributed by atoms with Crippen molar-refractivity contribution in [3.63, 3.8) is 0 Å². The highest BCUT2D eigenvalue weighted by atomic mass is 79.9. The number of ether oxygens (including phenoxy) is 1. The molecular formula is C15H14BrF2NO. The van der Waals surface area contributed by atoms with E-state index in [0.29, 0.717) is 0 Å². The highest BCUT2D eigenvalue weighted by molar-refractivity contribution is 9.10. The van der Waals surface area contributed by atoms with Crippen LogP contribution in [0.4, 0.5) is 14.5 Å². The van der Waals surface area contributed by atoms with Crippen LogP contribution in [0.15, 0.2) is 40.9 Å². The SMILES string of the molecule is COc1cccc(C(C)Nc2cc(F)c(Br)cc2F)c1. The van der Waals surface area contributed by atoms with Gasteiger partial charge in [0.05, 0.1) is 17.3 Å². The third-order valence-corrected chi connectivity index (χ3v) is 3.58. The van der Waals surface area contributed by atoms with Gasteiger partial charge in [0.15, 0.2) is 0 Å². The average Bonchev–Trinajstić information content (AvgIpc) is 2.44. The Morgan fingerprint density at radius 1 is 1.15 bits per heavy atom. The fourth-order valence-corrected chi connectivity index (χ4v) is 2.18. The molecule has 0 aromatic heterocycles. The summed E-state index contributed by atoms with van der Waals surface area (Å²) in [4.78, 5) is 0. The molecule has 2 rings (SSSR count). The van der Waals surface area contributed by atoms with E-state index in [-0.39, 0.29) is 16.2 Å². The molecule has 5 heteroatoms. The quantitative estimate of drug-likeness (QED) is 0.798. The molecule has 2 aromatic carbocycles. The van der Waals surface area contributed by atoms with Crippen molar-refractivity contribution < 1.29 is 13.5 Å². The first-order valence-electron chi connectivity index (χ1n) is 6.06. The minimum atomic E-state index is -0.508. The Bertz CT molecular complexity index is 619. The lowest BCUT2D eigenvalue weighted by Gasteiger charge is -2.17. The molecular weight excluding hydrogens is 328 g/mol. The molecule has 0 amide bonds. The van der Waals surface area contributed by atoms with Crippen molar-refractivity contribution in [1.82, 2.24) is 0 Å². The van der Waals surface area contributed by atoms with E-state index in [1.165, 1.54) is 0 Å². The first kappa shape index (κ1) is 14.8. The van der Waals surface area contributed by atoms with Gasteiger partial charge in [-0.3, -0.25) is 0 Å². The maximum atomic E-state index is 13.8. The van der Waals surface area contributed by atoms with Crippen molar-refractivity contribution in [2.45, 2.75) is 13.0 Å². The van der Waals surface area contributed by atoms with Crippen molar-refractivity contribution >= 4 is 21.6 Å². The fourth-order valence-electron chi connectivity index (χ4n) is 1.86. The van der Waals surface area contributed by atoms with Gasteiger partial charge in [0.25, 0.3) is 0 Å². The zero-order chi connectivity index (χ0) is 14.7. The Morgan fingerprint density at radius 2 is 1.90 bits per heavy atom. The van der Waals surface area contributed by atoms with Crippen molar-refractivity contribution in [3.05, 3.63) is 58.1 Å². The fraction of sp³-hybridized carbons (Fsp3) is 0.200. The predicted molar refractivity (Wildman–Crippen MR) is 79.1 cm³/mol. The van der Waals surface area contributed by atoms with Gasteiger partial charge in [0.2, 0.25) is 0 Å². The summed E-state index contributed by atoms with van der Waals surface area (Å²) in [6.45, 7) is 1.87. The maximum absolute atomic E-state index is 13.8. The van der Waals surface area contributed by atoms with Gasteiger partial charge in [0.1, 0.15) is 17.4 Å². The molecule has 20 heavy (non-hydrogen) atoms. The average molecular weight is 342 g/mol.